The fourth-order valence-electron chi connectivity index (χ4n) is 0.708. The first-order valence-electron chi connectivity index (χ1n) is 3.12. The van der Waals surface area contributed by atoms with Gasteiger partial charge in [0.25, 0.3) is 0 Å². The molecule has 0 aromatic carbocycles. The Morgan fingerprint density at radius 1 is 1.00 bits per heavy atom. The summed E-state index contributed by atoms with van der Waals surface area (Å²) in [5.41, 5.74) is -3.64. The maximum atomic E-state index is 12.5. The average molecular weight is 250 g/mol. The SMILES string of the molecule is [B-]c1c(F)nc(C(F)(F)F)c(F)c1F.[K+]. The third-order valence-corrected chi connectivity index (χ3v) is 1.34. The van der Waals surface area contributed by atoms with Crippen LogP contribution in [0.3, 0.4) is 0 Å². The summed E-state index contributed by atoms with van der Waals surface area (Å²) in [7, 11) is 4.58. The van der Waals surface area contributed by atoms with Gasteiger partial charge in [-0.3, -0.25) is 0 Å². The topological polar surface area (TPSA) is 12.9 Å². The molecule has 15 heavy (non-hydrogen) atoms. The molecule has 0 spiro atoms. The molecule has 1 nitrogen and oxygen atoms in total. The molecule has 0 atom stereocenters. The van der Waals surface area contributed by atoms with E-state index in [9.17, 15) is 26.3 Å². The monoisotopic (exact) mass is 250 g/mol. The summed E-state index contributed by atoms with van der Waals surface area (Å²) in [6.45, 7) is 0. The van der Waals surface area contributed by atoms with Crippen LogP contribution < -0.4 is 56.8 Å². The predicted molar refractivity (Wildman–Crippen MR) is 34.5 cm³/mol. The first-order valence-corrected chi connectivity index (χ1v) is 3.12. The summed E-state index contributed by atoms with van der Waals surface area (Å²) >= 11 is 0. The molecule has 0 N–H and O–H groups in total. The zero-order valence-corrected chi connectivity index (χ0v) is 10.4. The Balaban J connectivity index is 0.00000196. The normalized spacial score (nSPS) is 11.1. The van der Waals surface area contributed by atoms with Crippen molar-refractivity contribution in [2.75, 3.05) is 0 Å². The van der Waals surface area contributed by atoms with Crippen LogP contribution in [-0.2, 0) is 6.18 Å². The van der Waals surface area contributed by atoms with Gasteiger partial charge in [-0.2, -0.15) is 17.6 Å². The molecule has 0 unspecified atom stereocenters. The third-order valence-electron chi connectivity index (χ3n) is 1.34. The molecule has 0 aliphatic carbocycles. The van der Waals surface area contributed by atoms with E-state index in [0.29, 0.717) is 0 Å². The maximum Gasteiger partial charge on any atom is 1.00 e. The number of pyridine rings is 1. The minimum atomic E-state index is -5.26. The standard InChI is InChI=1S/C6BF6N.K/c7-1-2(8)3(9)4(6(11,12)13)14-5(1)10;/q-1;+1. The van der Waals surface area contributed by atoms with E-state index < -0.39 is 34.9 Å². The smallest absolute Gasteiger partial charge is 0.570 e. The minimum Gasteiger partial charge on any atom is -0.570 e. The molecule has 1 rings (SSSR count). The zero-order chi connectivity index (χ0) is 11.1. The number of nitrogens with zero attached hydrogens (tertiary/aromatic N) is 1. The van der Waals surface area contributed by atoms with Crippen molar-refractivity contribution in [1.29, 1.82) is 0 Å². The molecule has 1 aromatic heterocycles. The number of aromatic nitrogens is 1. The molecule has 0 saturated heterocycles. The first kappa shape index (κ1) is 15.4. The van der Waals surface area contributed by atoms with Crippen LogP contribution >= 0.6 is 0 Å². The van der Waals surface area contributed by atoms with Gasteiger partial charge in [0, 0.05) is 0 Å². The van der Waals surface area contributed by atoms with Gasteiger partial charge in [-0.15, -0.1) is 0 Å². The molecule has 1 aromatic rings. The molecule has 75 valence electrons. The average Bonchev–Trinajstić information content (AvgIpc) is 2.06. The fourth-order valence-corrected chi connectivity index (χ4v) is 0.708. The number of halogens is 6. The van der Waals surface area contributed by atoms with Gasteiger partial charge < -0.3 is 7.85 Å². The predicted octanol–water partition coefficient (Wildman–Crippen LogP) is -1.68. The molecular formula is C6BF6KN. The minimum absolute atomic E-state index is 0. The van der Waals surface area contributed by atoms with Gasteiger partial charge in [-0.25, -0.2) is 19.2 Å². The van der Waals surface area contributed by atoms with Crippen LogP contribution in [-0.4, -0.2) is 12.8 Å². The molecule has 9 heteroatoms. The van der Waals surface area contributed by atoms with E-state index in [1.54, 1.807) is 0 Å². The second kappa shape index (κ2) is 5.17. The quantitative estimate of drug-likeness (QED) is 0.304. The second-order valence-corrected chi connectivity index (χ2v) is 2.29. The van der Waals surface area contributed by atoms with Crippen LogP contribution in [0.15, 0.2) is 0 Å². The van der Waals surface area contributed by atoms with Gasteiger partial charge in [0.1, 0.15) is 5.82 Å². The zero-order valence-electron chi connectivity index (χ0n) is 7.29. The van der Waals surface area contributed by atoms with E-state index in [1.807, 2.05) is 0 Å². The van der Waals surface area contributed by atoms with E-state index in [2.05, 4.69) is 12.8 Å². The number of hydrogen-bond acceptors (Lipinski definition) is 1. The van der Waals surface area contributed by atoms with Crippen molar-refractivity contribution < 1.29 is 77.7 Å². The maximum absolute atomic E-state index is 12.5. The molecule has 0 amide bonds. The van der Waals surface area contributed by atoms with Crippen molar-refractivity contribution in [3.8, 4) is 0 Å². The van der Waals surface area contributed by atoms with Crippen molar-refractivity contribution in [2.24, 2.45) is 0 Å². The van der Waals surface area contributed by atoms with E-state index in [4.69, 9.17) is 0 Å². The van der Waals surface area contributed by atoms with Gasteiger partial charge in [0.15, 0.2) is 17.5 Å². The van der Waals surface area contributed by atoms with Crippen molar-refractivity contribution in [2.45, 2.75) is 6.18 Å². The molecule has 0 aliphatic rings. The molecule has 0 fully saturated rings. The van der Waals surface area contributed by atoms with E-state index in [-0.39, 0.29) is 51.4 Å². The van der Waals surface area contributed by atoms with E-state index in [0.717, 1.165) is 0 Å². The number of hydrogen-bond donors (Lipinski definition) is 0. The second-order valence-electron chi connectivity index (χ2n) is 2.29. The fraction of sp³-hybridized carbons (Fsp3) is 0.167. The third kappa shape index (κ3) is 3.19. The van der Waals surface area contributed by atoms with Crippen molar-refractivity contribution in [3.05, 3.63) is 23.3 Å². The van der Waals surface area contributed by atoms with Crippen molar-refractivity contribution >= 4 is 13.3 Å². The van der Waals surface area contributed by atoms with Crippen LogP contribution in [0.1, 0.15) is 5.69 Å². The van der Waals surface area contributed by atoms with Gasteiger partial charge in [-0.1, -0.05) is 0 Å². The van der Waals surface area contributed by atoms with Crippen LogP contribution in [0.4, 0.5) is 26.3 Å². The number of rotatable bonds is 0. The Morgan fingerprint density at radius 3 is 1.87 bits per heavy atom. The van der Waals surface area contributed by atoms with Crippen molar-refractivity contribution in [3.63, 3.8) is 0 Å². The Hall–Kier alpha value is 0.431. The number of alkyl halides is 3. The summed E-state index contributed by atoms with van der Waals surface area (Å²) in [5.74, 6) is -6.29. The molecule has 0 aliphatic heterocycles. The van der Waals surface area contributed by atoms with Crippen LogP contribution in [0.5, 0.6) is 0 Å². The first-order chi connectivity index (χ1) is 6.25. The summed E-state index contributed by atoms with van der Waals surface area (Å²) in [5, 5.41) is 0. The van der Waals surface area contributed by atoms with E-state index >= 15 is 0 Å². The van der Waals surface area contributed by atoms with Crippen LogP contribution in [0.25, 0.3) is 0 Å². The van der Waals surface area contributed by atoms with Crippen molar-refractivity contribution in [1.82, 2.24) is 4.98 Å². The molecule has 0 saturated carbocycles. The Kier molecular flexibility index (Phi) is 5.32. The summed E-state index contributed by atoms with van der Waals surface area (Å²) in [6.07, 6.45) is -5.26. The molecule has 1 heterocycles. The Labute approximate surface area is 124 Å². The van der Waals surface area contributed by atoms with Crippen LogP contribution in [0, 0.1) is 17.6 Å². The molecular weight excluding hydrogens is 250 g/mol. The van der Waals surface area contributed by atoms with Gasteiger partial charge in [0.2, 0.25) is 0 Å². The summed E-state index contributed by atoms with van der Waals surface area (Å²) in [4.78, 5) is 2.17. The van der Waals surface area contributed by atoms with E-state index in [1.165, 1.54) is 0 Å². The van der Waals surface area contributed by atoms with Gasteiger partial charge >= 0.3 is 57.6 Å². The molecule has 3 radical (unpaired) electrons. The summed E-state index contributed by atoms with van der Waals surface area (Å²) < 4.78 is 73.0. The Bertz CT molecular complexity index is 379. The van der Waals surface area contributed by atoms with Gasteiger partial charge in [0.05, 0.1) is 0 Å². The molecule has 0 bridgehead atoms. The largest absolute Gasteiger partial charge is 1.00 e. The Morgan fingerprint density at radius 2 is 1.47 bits per heavy atom. The van der Waals surface area contributed by atoms with Gasteiger partial charge in [-0.05, 0) is 0 Å². The summed E-state index contributed by atoms with van der Waals surface area (Å²) in [6, 6.07) is 0. The van der Waals surface area contributed by atoms with Crippen LogP contribution in [0.2, 0.25) is 0 Å².